The lowest BCUT2D eigenvalue weighted by Crippen LogP contribution is -2.55. The zero-order valence-electron chi connectivity index (χ0n) is 30.5. The van der Waals surface area contributed by atoms with Gasteiger partial charge in [-0.05, 0) is 107 Å². The highest BCUT2D eigenvalue weighted by Gasteiger charge is 2.33. The van der Waals surface area contributed by atoms with Crippen LogP contribution in [0.5, 0.6) is 5.75 Å². The van der Waals surface area contributed by atoms with Crippen molar-refractivity contribution in [3.05, 3.63) is 81.8 Å². The quantitative estimate of drug-likeness (QED) is 0.257. The molecule has 2 fully saturated rings. The molecule has 2 aromatic heterocycles. The van der Waals surface area contributed by atoms with E-state index in [9.17, 15) is 14.4 Å². The molecule has 0 unspecified atom stereocenters. The average Bonchev–Trinajstić information content (AvgIpc) is 3.91. The number of aryl methyl sites for hydroxylation is 2. The molecule has 1 aliphatic heterocycles. The molecule has 12 nitrogen and oxygen atoms in total. The monoisotopic (exact) mass is 686 g/mol. The van der Waals surface area contributed by atoms with Crippen molar-refractivity contribution in [2.45, 2.75) is 84.7 Å². The third kappa shape index (κ3) is 9.16. The molecule has 3 heterocycles. The molecule has 1 aliphatic carbocycles. The van der Waals surface area contributed by atoms with Gasteiger partial charge in [-0.1, -0.05) is 6.07 Å². The molecule has 1 saturated heterocycles. The van der Waals surface area contributed by atoms with Gasteiger partial charge in [0.15, 0.2) is 6.10 Å². The van der Waals surface area contributed by atoms with E-state index in [1.54, 1.807) is 37.4 Å². The third-order valence-electron chi connectivity index (χ3n) is 8.94. The molecular formula is C38H50N6O6. The number of amides is 3. The van der Waals surface area contributed by atoms with E-state index in [0.717, 1.165) is 16.8 Å². The first kappa shape index (κ1) is 36.7. The fraction of sp³-hybridized carbons (Fsp3) is 0.500. The van der Waals surface area contributed by atoms with Gasteiger partial charge >= 0.3 is 6.09 Å². The Morgan fingerprint density at radius 1 is 0.980 bits per heavy atom. The second-order valence-electron chi connectivity index (χ2n) is 14.3. The molecule has 12 heteroatoms. The number of piperazine rings is 1. The predicted octanol–water partition coefficient (Wildman–Crippen LogP) is 5.79. The van der Waals surface area contributed by atoms with E-state index >= 15 is 0 Å². The number of nitrogens with one attached hydrogen (secondary N) is 2. The summed E-state index contributed by atoms with van der Waals surface area (Å²) in [6.07, 6.45) is 5.06. The number of nitrogens with zero attached hydrogens (tertiary/aromatic N) is 4. The molecule has 1 saturated carbocycles. The number of ether oxygens (including phenoxy) is 3. The highest BCUT2D eigenvalue weighted by Crippen LogP contribution is 2.40. The molecule has 50 heavy (non-hydrogen) atoms. The minimum atomic E-state index is -0.576. The minimum absolute atomic E-state index is 0.0831. The van der Waals surface area contributed by atoms with Gasteiger partial charge in [-0.15, -0.1) is 0 Å². The van der Waals surface area contributed by atoms with Crippen LogP contribution < -0.4 is 15.4 Å². The second-order valence-corrected chi connectivity index (χ2v) is 14.3. The lowest BCUT2D eigenvalue weighted by molar-refractivity contribution is -0.00317. The molecule has 268 valence electrons. The number of hydrogen-bond acceptors (Lipinski definition) is 9. The van der Waals surface area contributed by atoms with Gasteiger partial charge < -0.3 is 29.7 Å². The van der Waals surface area contributed by atoms with Gasteiger partial charge in [0.25, 0.3) is 11.8 Å². The van der Waals surface area contributed by atoms with Gasteiger partial charge in [-0.2, -0.15) is 0 Å². The van der Waals surface area contributed by atoms with E-state index in [2.05, 4.69) is 26.6 Å². The van der Waals surface area contributed by atoms with Crippen molar-refractivity contribution in [3.8, 4) is 5.75 Å². The maximum Gasteiger partial charge on any atom is 0.410 e. The smallest absolute Gasteiger partial charge is 0.410 e. The number of carbonyl (C=O) groups excluding carboxylic acids is 3. The van der Waals surface area contributed by atoms with Crippen molar-refractivity contribution < 1.29 is 28.6 Å². The van der Waals surface area contributed by atoms with Crippen LogP contribution in [0, 0.1) is 13.8 Å². The van der Waals surface area contributed by atoms with Crippen LogP contribution in [0.25, 0.3) is 0 Å². The molecular weight excluding hydrogens is 636 g/mol. The van der Waals surface area contributed by atoms with Gasteiger partial charge in [-0.3, -0.25) is 19.5 Å². The van der Waals surface area contributed by atoms with E-state index in [-0.39, 0.29) is 29.5 Å². The molecule has 0 bridgehead atoms. The SMILES string of the molecule is CNC(=O)c1cc(C(=O)Nc2ncc(COC)cc2C)c(C)cc1O[C@H](CN1CCN(C(=O)OC(C)(C)C)[C@H](C)C1)c1ccc(C2CC2)cn1. The van der Waals surface area contributed by atoms with Crippen molar-refractivity contribution in [1.82, 2.24) is 25.1 Å². The Labute approximate surface area is 294 Å². The van der Waals surface area contributed by atoms with Gasteiger partial charge in [0.2, 0.25) is 0 Å². The Hall–Kier alpha value is -4.55. The lowest BCUT2D eigenvalue weighted by Gasteiger charge is -2.41. The summed E-state index contributed by atoms with van der Waals surface area (Å²) in [5.41, 5.74) is 4.25. The molecule has 3 amide bonds. The summed E-state index contributed by atoms with van der Waals surface area (Å²) in [6.45, 7) is 13.9. The molecule has 2 aliphatic rings. The standard InChI is InChI=1S/C38H50N6O6/c1-23-16-32(30(35(45)39-7)17-29(23)36(46)42-34-24(2)15-26(18-41-34)22-48-8)49-33(31-12-11-28(19-40-31)27-9-10-27)21-43-13-14-44(25(3)20-43)37(47)50-38(4,5)6/h11-12,15-19,25,27,33H,9-10,13-14,20-22H2,1-8H3,(H,39,45)(H,41,42,46)/t25-,33-/m1/s1. The maximum absolute atomic E-state index is 13.6. The fourth-order valence-corrected chi connectivity index (χ4v) is 6.15. The highest BCUT2D eigenvalue weighted by atomic mass is 16.6. The van der Waals surface area contributed by atoms with E-state index < -0.39 is 11.7 Å². The van der Waals surface area contributed by atoms with Crippen LogP contribution in [0.4, 0.5) is 10.6 Å². The summed E-state index contributed by atoms with van der Waals surface area (Å²) < 4.78 is 17.5. The summed E-state index contributed by atoms with van der Waals surface area (Å²) in [6, 6.07) is 9.23. The van der Waals surface area contributed by atoms with E-state index in [4.69, 9.17) is 19.2 Å². The molecule has 3 aromatic rings. The van der Waals surface area contributed by atoms with Crippen molar-refractivity contribution in [2.75, 3.05) is 45.7 Å². The summed E-state index contributed by atoms with van der Waals surface area (Å²) in [7, 11) is 3.16. The topological polar surface area (TPSA) is 135 Å². The van der Waals surface area contributed by atoms with Crippen molar-refractivity contribution in [1.29, 1.82) is 0 Å². The van der Waals surface area contributed by atoms with Crippen LogP contribution in [0.15, 0.2) is 42.7 Å². The molecule has 0 spiro atoms. The Morgan fingerprint density at radius 2 is 1.74 bits per heavy atom. The molecule has 5 rings (SSSR count). The zero-order valence-corrected chi connectivity index (χ0v) is 30.5. The summed E-state index contributed by atoms with van der Waals surface area (Å²) in [5, 5.41) is 5.58. The van der Waals surface area contributed by atoms with Crippen LogP contribution in [-0.2, 0) is 16.1 Å². The summed E-state index contributed by atoms with van der Waals surface area (Å²) in [4.78, 5) is 53.0. The second kappa shape index (κ2) is 15.6. The first-order valence-electron chi connectivity index (χ1n) is 17.2. The van der Waals surface area contributed by atoms with E-state index in [1.807, 2.05) is 59.9 Å². The van der Waals surface area contributed by atoms with Crippen LogP contribution >= 0.6 is 0 Å². The van der Waals surface area contributed by atoms with Gasteiger partial charge in [0, 0.05) is 64.3 Å². The Balaban J connectivity index is 1.40. The van der Waals surface area contributed by atoms with Crippen LogP contribution in [0.3, 0.4) is 0 Å². The zero-order chi connectivity index (χ0) is 36.2. The Bertz CT molecular complexity index is 1700. The third-order valence-corrected chi connectivity index (χ3v) is 8.94. The van der Waals surface area contributed by atoms with Crippen LogP contribution in [0.1, 0.15) is 101 Å². The normalized spacial score (nSPS) is 17.2. The Morgan fingerprint density at radius 3 is 2.34 bits per heavy atom. The van der Waals surface area contributed by atoms with E-state index in [1.165, 1.54) is 18.4 Å². The largest absolute Gasteiger partial charge is 0.482 e. The number of rotatable bonds is 11. The van der Waals surface area contributed by atoms with Crippen LogP contribution in [-0.4, -0.2) is 89.7 Å². The van der Waals surface area contributed by atoms with Gasteiger partial charge in [0.05, 0.1) is 17.9 Å². The number of methoxy groups -OCH3 is 1. The number of pyridine rings is 2. The van der Waals surface area contributed by atoms with E-state index in [0.29, 0.717) is 61.4 Å². The number of aromatic nitrogens is 2. The summed E-state index contributed by atoms with van der Waals surface area (Å²) >= 11 is 0. The highest BCUT2D eigenvalue weighted by molar-refractivity contribution is 6.07. The lowest BCUT2D eigenvalue weighted by atomic mass is 10.0. The fourth-order valence-electron chi connectivity index (χ4n) is 6.15. The number of hydrogen-bond donors (Lipinski definition) is 2. The Kier molecular flexibility index (Phi) is 11.4. The molecule has 1 aromatic carbocycles. The maximum atomic E-state index is 13.6. The number of carbonyl (C=O) groups is 3. The first-order chi connectivity index (χ1) is 23.8. The first-order valence-corrected chi connectivity index (χ1v) is 17.2. The summed E-state index contributed by atoms with van der Waals surface area (Å²) in [5.74, 6) is 0.553. The van der Waals surface area contributed by atoms with Crippen molar-refractivity contribution in [2.24, 2.45) is 0 Å². The predicted molar refractivity (Wildman–Crippen MR) is 191 cm³/mol. The van der Waals surface area contributed by atoms with Crippen molar-refractivity contribution >= 4 is 23.7 Å². The minimum Gasteiger partial charge on any atom is -0.482 e. The van der Waals surface area contributed by atoms with Gasteiger partial charge in [-0.25, -0.2) is 9.78 Å². The molecule has 2 atom stereocenters. The average molecular weight is 687 g/mol. The number of benzene rings is 1. The molecule has 2 N–H and O–H groups in total. The van der Waals surface area contributed by atoms with Gasteiger partial charge in [0.1, 0.15) is 17.2 Å². The van der Waals surface area contributed by atoms with Crippen molar-refractivity contribution in [3.63, 3.8) is 0 Å². The van der Waals surface area contributed by atoms with Crippen LogP contribution in [0.2, 0.25) is 0 Å². The molecule has 0 radical (unpaired) electrons. The number of anilines is 1.